The molecule has 3 heteroatoms. The summed E-state index contributed by atoms with van der Waals surface area (Å²) in [5, 5.41) is 0.828. The van der Waals surface area contributed by atoms with E-state index in [2.05, 4.69) is 6.92 Å². The predicted octanol–water partition coefficient (Wildman–Crippen LogP) is 5.72. The zero-order valence-electron chi connectivity index (χ0n) is 13.5. The van der Waals surface area contributed by atoms with E-state index in [1.54, 1.807) is 0 Å². The van der Waals surface area contributed by atoms with E-state index in [9.17, 15) is 4.57 Å². The predicted molar refractivity (Wildman–Crippen MR) is 92.9 cm³/mol. The highest BCUT2D eigenvalue weighted by molar-refractivity contribution is 7.48. The van der Waals surface area contributed by atoms with Crippen molar-refractivity contribution in [1.29, 1.82) is 0 Å². The van der Waals surface area contributed by atoms with E-state index in [0.717, 1.165) is 11.7 Å². The van der Waals surface area contributed by atoms with Crippen molar-refractivity contribution in [1.82, 2.24) is 0 Å². The second kappa shape index (κ2) is 13.1. The lowest BCUT2D eigenvalue weighted by Gasteiger charge is -2.05. The number of unbranched alkanes of at least 4 members (excludes halogenated alkanes) is 9. The number of hydrogen-bond acceptors (Lipinski definition) is 2. The Balaban J connectivity index is 1.88. The monoisotopic (exact) mass is 310 g/mol. The first-order chi connectivity index (χ1) is 10.3. The van der Waals surface area contributed by atoms with Crippen molar-refractivity contribution in [2.75, 3.05) is 6.61 Å². The van der Waals surface area contributed by atoms with Gasteiger partial charge in [-0.15, -0.1) is 0 Å². The molecule has 0 radical (unpaired) electrons. The van der Waals surface area contributed by atoms with Crippen molar-refractivity contribution in [3.8, 4) is 0 Å². The van der Waals surface area contributed by atoms with E-state index >= 15 is 0 Å². The molecule has 0 fully saturated rings. The highest BCUT2D eigenvalue weighted by Gasteiger charge is 2.02. The number of benzene rings is 1. The van der Waals surface area contributed by atoms with Crippen LogP contribution in [0.2, 0.25) is 0 Å². The highest BCUT2D eigenvalue weighted by atomic mass is 31.1. The lowest BCUT2D eigenvalue weighted by molar-refractivity contribution is 0.321. The van der Waals surface area contributed by atoms with E-state index in [4.69, 9.17) is 4.52 Å². The Morgan fingerprint density at radius 1 is 0.810 bits per heavy atom. The summed E-state index contributed by atoms with van der Waals surface area (Å²) < 4.78 is 17.3. The fraction of sp³-hybridized carbons (Fsp3) is 0.667. The Kier molecular flexibility index (Phi) is 11.5. The lowest BCUT2D eigenvalue weighted by Crippen LogP contribution is -1.98. The van der Waals surface area contributed by atoms with Crippen LogP contribution in [0.15, 0.2) is 30.3 Å². The number of hydrogen-bond donors (Lipinski definition) is 0. The summed E-state index contributed by atoms with van der Waals surface area (Å²) in [5.41, 5.74) is 0. The van der Waals surface area contributed by atoms with Gasteiger partial charge in [0.25, 0.3) is 0 Å². The standard InChI is InChI=1S/C18H31O2P/c1-2-3-4-5-6-7-8-9-10-14-17-20-21(19)18-15-12-11-13-16-18/h11-13,15-16,21H,2-10,14,17H2,1H3. The molecule has 0 saturated heterocycles. The SMILES string of the molecule is CCCCCCCCCCCCO[PH](=O)c1ccccc1. The topological polar surface area (TPSA) is 26.3 Å². The summed E-state index contributed by atoms with van der Waals surface area (Å²) in [7, 11) is -2.03. The summed E-state index contributed by atoms with van der Waals surface area (Å²) >= 11 is 0. The van der Waals surface area contributed by atoms with Crippen LogP contribution in [-0.4, -0.2) is 6.61 Å². The second-order valence-electron chi connectivity index (χ2n) is 5.68. The summed E-state index contributed by atoms with van der Waals surface area (Å²) in [6, 6.07) is 9.49. The van der Waals surface area contributed by atoms with Gasteiger partial charge in [0.2, 0.25) is 8.03 Å². The highest BCUT2D eigenvalue weighted by Crippen LogP contribution is 2.21. The van der Waals surface area contributed by atoms with Crippen molar-refractivity contribution < 1.29 is 9.09 Å². The van der Waals surface area contributed by atoms with Crippen LogP contribution in [0.5, 0.6) is 0 Å². The van der Waals surface area contributed by atoms with Crippen LogP contribution in [-0.2, 0) is 9.09 Å². The molecule has 21 heavy (non-hydrogen) atoms. The van der Waals surface area contributed by atoms with Gasteiger partial charge in [-0.05, 0) is 18.6 Å². The first-order valence-electron chi connectivity index (χ1n) is 8.56. The Bertz CT molecular complexity index is 365. The van der Waals surface area contributed by atoms with E-state index in [1.807, 2.05) is 30.3 Å². The molecule has 1 unspecified atom stereocenters. The van der Waals surface area contributed by atoms with Gasteiger partial charge in [-0.1, -0.05) is 82.9 Å². The minimum Gasteiger partial charge on any atom is -0.327 e. The lowest BCUT2D eigenvalue weighted by atomic mass is 10.1. The number of rotatable bonds is 13. The Hall–Kier alpha value is -0.590. The van der Waals surface area contributed by atoms with Gasteiger partial charge in [-0.25, -0.2) is 0 Å². The molecule has 2 nitrogen and oxygen atoms in total. The molecule has 0 aromatic heterocycles. The third kappa shape index (κ3) is 9.87. The fourth-order valence-corrected chi connectivity index (χ4v) is 3.37. The Morgan fingerprint density at radius 2 is 1.33 bits per heavy atom. The molecule has 1 aromatic rings. The van der Waals surface area contributed by atoms with Gasteiger partial charge in [-0.3, -0.25) is 4.57 Å². The zero-order chi connectivity index (χ0) is 15.2. The zero-order valence-corrected chi connectivity index (χ0v) is 14.5. The van der Waals surface area contributed by atoms with Crippen LogP contribution >= 0.6 is 8.03 Å². The normalized spacial score (nSPS) is 12.4. The third-order valence-electron chi connectivity index (χ3n) is 3.74. The summed E-state index contributed by atoms with van der Waals surface area (Å²) in [4.78, 5) is 0. The molecule has 0 spiro atoms. The van der Waals surface area contributed by atoms with Crippen molar-refractivity contribution in [3.63, 3.8) is 0 Å². The van der Waals surface area contributed by atoms with Crippen LogP contribution < -0.4 is 5.30 Å². The quantitative estimate of drug-likeness (QED) is 0.344. The molecule has 1 aromatic carbocycles. The minimum absolute atomic E-state index is 0.628. The smallest absolute Gasteiger partial charge is 0.220 e. The summed E-state index contributed by atoms with van der Waals surface area (Å²) in [6.45, 7) is 2.89. The maximum atomic E-state index is 11.9. The largest absolute Gasteiger partial charge is 0.327 e. The van der Waals surface area contributed by atoms with Crippen LogP contribution in [0.1, 0.15) is 71.1 Å². The van der Waals surface area contributed by atoms with E-state index in [1.165, 1.54) is 57.8 Å². The maximum absolute atomic E-state index is 11.9. The van der Waals surface area contributed by atoms with Crippen molar-refractivity contribution in [2.24, 2.45) is 0 Å². The molecule has 0 amide bonds. The second-order valence-corrected chi connectivity index (χ2v) is 7.12. The van der Waals surface area contributed by atoms with Crippen LogP contribution in [0, 0.1) is 0 Å². The van der Waals surface area contributed by atoms with Crippen molar-refractivity contribution >= 4 is 13.3 Å². The van der Waals surface area contributed by atoms with E-state index in [-0.39, 0.29) is 0 Å². The molecule has 0 aliphatic heterocycles. The summed E-state index contributed by atoms with van der Waals surface area (Å²) in [5.74, 6) is 0. The van der Waals surface area contributed by atoms with Crippen LogP contribution in [0.4, 0.5) is 0 Å². The molecule has 0 N–H and O–H groups in total. The molecule has 1 atom stereocenters. The Morgan fingerprint density at radius 3 is 1.90 bits per heavy atom. The molecule has 0 aliphatic rings. The van der Waals surface area contributed by atoms with Crippen molar-refractivity contribution in [3.05, 3.63) is 30.3 Å². The van der Waals surface area contributed by atoms with Gasteiger partial charge >= 0.3 is 0 Å². The maximum Gasteiger partial charge on any atom is 0.220 e. The molecule has 0 bridgehead atoms. The molecule has 0 saturated carbocycles. The van der Waals surface area contributed by atoms with Gasteiger partial charge in [0.1, 0.15) is 0 Å². The van der Waals surface area contributed by atoms with Gasteiger partial charge in [0.15, 0.2) is 0 Å². The molecular formula is C18H31O2P. The molecule has 120 valence electrons. The molecule has 1 rings (SSSR count). The molecule has 0 aliphatic carbocycles. The summed E-state index contributed by atoms with van der Waals surface area (Å²) in [6.07, 6.45) is 13.1. The molecular weight excluding hydrogens is 279 g/mol. The van der Waals surface area contributed by atoms with Gasteiger partial charge in [0.05, 0.1) is 6.61 Å². The minimum atomic E-state index is -2.03. The first-order valence-corrected chi connectivity index (χ1v) is 9.88. The van der Waals surface area contributed by atoms with Gasteiger partial charge in [0, 0.05) is 5.30 Å². The van der Waals surface area contributed by atoms with E-state index < -0.39 is 8.03 Å². The van der Waals surface area contributed by atoms with Gasteiger partial charge < -0.3 is 4.52 Å². The van der Waals surface area contributed by atoms with E-state index in [0.29, 0.717) is 6.61 Å². The Labute approximate surface area is 131 Å². The average Bonchev–Trinajstić information content (AvgIpc) is 2.53. The third-order valence-corrected chi connectivity index (χ3v) is 5.01. The first kappa shape index (κ1) is 18.5. The average molecular weight is 310 g/mol. The fourth-order valence-electron chi connectivity index (χ4n) is 2.41. The van der Waals surface area contributed by atoms with Gasteiger partial charge in [-0.2, -0.15) is 0 Å². The van der Waals surface area contributed by atoms with Crippen LogP contribution in [0.25, 0.3) is 0 Å². The van der Waals surface area contributed by atoms with Crippen LogP contribution in [0.3, 0.4) is 0 Å². The van der Waals surface area contributed by atoms with Crippen molar-refractivity contribution in [2.45, 2.75) is 71.1 Å². The molecule has 0 heterocycles.